The van der Waals surface area contributed by atoms with E-state index in [9.17, 15) is 4.79 Å². The van der Waals surface area contributed by atoms with Crippen LogP contribution in [0.2, 0.25) is 0 Å². The van der Waals surface area contributed by atoms with Gasteiger partial charge in [-0.15, -0.1) is 0 Å². The number of carbonyl (C=O) groups is 1. The molecule has 0 unspecified atom stereocenters. The average Bonchev–Trinajstić information content (AvgIpc) is 2.89. The first-order valence-corrected chi connectivity index (χ1v) is 6.76. The van der Waals surface area contributed by atoms with Gasteiger partial charge in [0.25, 0.3) is 0 Å². The molecule has 1 aromatic carbocycles. The molecule has 1 fully saturated rings. The summed E-state index contributed by atoms with van der Waals surface area (Å²) in [6, 6.07) is 5.04. The number of hydrogen-bond acceptors (Lipinski definition) is 4. The van der Waals surface area contributed by atoms with Crippen LogP contribution in [0.15, 0.2) is 18.2 Å². The number of benzene rings is 1. The Morgan fingerprint density at radius 1 is 1.37 bits per heavy atom. The van der Waals surface area contributed by atoms with Crippen LogP contribution in [0.5, 0.6) is 0 Å². The lowest BCUT2D eigenvalue weighted by atomic mass is 10.1. The van der Waals surface area contributed by atoms with Crippen molar-refractivity contribution in [3.05, 3.63) is 23.8 Å². The Kier molecular flexibility index (Phi) is 4.63. The first-order chi connectivity index (χ1) is 9.16. The van der Waals surface area contributed by atoms with Crippen LogP contribution < -0.4 is 11.1 Å². The summed E-state index contributed by atoms with van der Waals surface area (Å²) in [6.07, 6.45) is 3.69. The van der Waals surface area contributed by atoms with Gasteiger partial charge in [0.15, 0.2) is 0 Å². The van der Waals surface area contributed by atoms with Crippen LogP contribution in [0, 0.1) is 0 Å². The van der Waals surface area contributed by atoms with Gasteiger partial charge < -0.3 is 21.1 Å². The molecule has 0 amide bonds. The molecule has 1 heterocycles. The van der Waals surface area contributed by atoms with Crippen molar-refractivity contribution in [1.29, 1.82) is 0 Å². The van der Waals surface area contributed by atoms with Gasteiger partial charge in [0.1, 0.15) is 0 Å². The largest absolute Gasteiger partial charge is 0.478 e. The van der Waals surface area contributed by atoms with E-state index < -0.39 is 5.97 Å². The monoisotopic (exact) mass is 263 g/mol. The number of likely N-dealkylation sites (tertiary alicyclic amines) is 1. The molecule has 0 radical (unpaired) electrons. The third-order valence-electron chi connectivity index (χ3n) is 3.46. The number of hydrogen-bond donors (Lipinski definition) is 3. The van der Waals surface area contributed by atoms with Crippen molar-refractivity contribution < 1.29 is 9.90 Å². The van der Waals surface area contributed by atoms with Crippen molar-refractivity contribution in [2.75, 3.05) is 37.2 Å². The lowest BCUT2D eigenvalue weighted by Crippen LogP contribution is -2.22. The first kappa shape index (κ1) is 13.7. The Labute approximate surface area is 113 Å². The third kappa shape index (κ3) is 3.86. The minimum absolute atomic E-state index is 0.157. The van der Waals surface area contributed by atoms with E-state index in [0.29, 0.717) is 5.69 Å². The van der Waals surface area contributed by atoms with Gasteiger partial charge in [-0.1, -0.05) is 0 Å². The molecule has 0 aromatic heterocycles. The molecule has 1 saturated heterocycles. The lowest BCUT2D eigenvalue weighted by molar-refractivity contribution is 0.0698. The molecule has 19 heavy (non-hydrogen) atoms. The molecule has 0 atom stereocenters. The topological polar surface area (TPSA) is 78.6 Å². The highest BCUT2D eigenvalue weighted by Gasteiger charge is 2.11. The van der Waals surface area contributed by atoms with E-state index in [1.165, 1.54) is 25.9 Å². The zero-order valence-corrected chi connectivity index (χ0v) is 11.1. The van der Waals surface area contributed by atoms with Crippen molar-refractivity contribution in [3.63, 3.8) is 0 Å². The molecule has 1 aliphatic rings. The summed E-state index contributed by atoms with van der Waals surface area (Å²) in [4.78, 5) is 13.4. The zero-order valence-electron chi connectivity index (χ0n) is 11.1. The summed E-state index contributed by atoms with van der Waals surface area (Å²) >= 11 is 0. The molecule has 104 valence electrons. The Hall–Kier alpha value is -1.75. The van der Waals surface area contributed by atoms with Gasteiger partial charge in [-0.25, -0.2) is 4.79 Å². The Balaban J connectivity index is 1.79. The second-order valence-corrected chi connectivity index (χ2v) is 4.94. The Morgan fingerprint density at radius 3 is 2.79 bits per heavy atom. The van der Waals surface area contributed by atoms with E-state index in [2.05, 4.69) is 10.2 Å². The van der Waals surface area contributed by atoms with Gasteiger partial charge in [0.05, 0.1) is 5.56 Å². The summed E-state index contributed by atoms with van der Waals surface area (Å²) < 4.78 is 0. The maximum atomic E-state index is 11.0. The molecule has 0 saturated carbocycles. The highest BCUT2D eigenvalue weighted by molar-refractivity contribution is 5.94. The molecular formula is C14H21N3O2. The number of anilines is 2. The highest BCUT2D eigenvalue weighted by atomic mass is 16.4. The van der Waals surface area contributed by atoms with Crippen LogP contribution >= 0.6 is 0 Å². The molecule has 4 N–H and O–H groups in total. The molecule has 5 heteroatoms. The molecule has 2 rings (SSSR count). The van der Waals surface area contributed by atoms with Crippen LogP contribution in [-0.2, 0) is 0 Å². The minimum atomic E-state index is -0.988. The predicted octanol–water partition coefficient (Wildman–Crippen LogP) is 1.86. The van der Waals surface area contributed by atoms with Crippen LogP contribution in [0.3, 0.4) is 0 Å². The fourth-order valence-corrected chi connectivity index (χ4v) is 2.39. The lowest BCUT2D eigenvalue weighted by Gasteiger charge is -2.15. The van der Waals surface area contributed by atoms with E-state index in [-0.39, 0.29) is 5.56 Å². The summed E-state index contributed by atoms with van der Waals surface area (Å²) in [7, 11) is 0. The normalized spacial score (nSPS) is 15.6. The van der Waals surface area contributed by atoms with Crippen molar-refractivity contribution in [2.24, 2.45) is 0 Å². The fraction of sp³-hybridized carbons (Fsp3) is 0.500. The number of carboxylic acid groups (broad SMARTS) is 1. The number of nitrogens with zero attached hydrogens (tertiary/aromatic N) is 1. The van der Waals surface area contributed by atoms with Gasteiger partial charge in [-0.2, -0.15) is 0 Å². The molecule has 0 spiro atoms. The number of carboxylic acids is 1. The highest BCUT2D eigenvalue weighted by Crippen LogP contribution is 2.17. The quantitative estimate of drug-likeness (QED) is 0.539. The maximum absolute atomic E-state index is 11.0. The molecule has 1 aromatic rings. The second-order valence-electron chi connectivity index (χ2n) is 4.94. The third-order valence-corrected chi connectivity index (χ3v) is 3.46. The molecular weight excluding hydrogens is 242 g/mol. The van der Waals surface area contributed by atoms with Crippen molar-refractivity contribution >= 4 is 17.3 Å². The smallest absolute Gasteiger partial charge is 0.337 e. The average molecular weight is 263 g/mol. The SMILES string of the molecule is Nc1ccc(NCCCN2CCCC2)cc1C(=O)O. The summed E-state index contributed by atoms with van der Waals surface area (Å²) in [5, 5.41) is 12.2. The number of nitrogen functional groups attached to an aromatic ring is 1. The minimum Gasteiger partial charge on any atom is -0.478 e. The summed E-state index contributed by atoms with van der Waals surface area (Å²) in [5.41, 5.74) is 6.88. The van der Waals surface area contributed by atoms with Gasteiger partial charge in [-0.3, -0.25) is 0 Å². The van der Waals surface area contributed by atoms with Crippen molar-refractivity contribution in [3.8, 4) is 0 Å². The van der Waals surface area contributed by atoms with Gasteiger partial charge in [0, 0.05) is 17.9 Å². The van der Waals surface area contributed by atoms with E-state index in [1.807, 2.05) is 6.07 Å². The molecule has 5 nitrogen and oxygen atoms in total. The number of nitrogens with two attached hydrogens (primary N) is 1. The van der Waals surface area contributed by atoms with Gasteiger partial charge >= 0.3 is 5.97 Å². The molecule has 1 aliphatic heterocycles. The summed E-state index contributed by atoms with van der Waals surface area (Å²) in [6.45, 7) is 4.38. The van der Waals surface area contributed by atoms with Crippen LogP contribution in [0.25, 0.3) is 0 Å². The second kappa shape index (κ2) is 6.43. The van der Waals surface area contributed by atoms with Crippen molar-refractivity contribution in [2.45, 2.75) is 19.3 Å². The number of rotatable bonds is 6. The van der Waals surface area contributed by atoms with E-state index in [0.717, 1.165) is 25.2 Å². The molecule has 0 aliphatic carbocycles. The number of nitrogens with one attached hydrogen (secondary N) is 1. The zero-order chi connectivity index (χ0) is 13.7. The first-order valence-electron chi connectivity index (χ1n) is 6.76. The predicted molar refractivity (Wildman–Crippen MR) is 76.6 cm³/mol. The van der Waals surface area contributed by atoms with E-state index in [1.54, 1.807) is 12.1 Å². The number of aromatic carboxylic acids is 1. The maximum Gasteiger partial charge on any atom is 0.337 e. The van der Waals surface area contributed by atoms with Crippen molar-refractivity contribution in [1.82, 2.24) is 4.90 Å². The summed E-state index contributed by atoms with van der Waals surface area (Å²) in [5.74, 6) is -0.988. The van der Waals surface area contributed by atoms with Gasteiger partial charge in [-0.05, 0) is 57.1 Å². The van der Waals surface area contributed by atoms with E-state index in [4.69, 9.17) is 10.8 Å². The standard InChI is InChI=1S/C14H21N3O2/c15-13-5-4-11(10-12(13)14(18)19)16-6-3-9-17-7-1-2-8-17/h4-5,10,16H,1-3,6-9,15H2,(H,18,19). The van der Waals surface area contributed by atoms with E-state index >= 15 is 0 Å². The fourth-order valence-electron chi connectivity index (χ4n) is 2.39. The Morgan fingerprint density at radius 2 is 2.11 bits per heavy atom. The van der Waals surface area contributed by atoms with Crippen LogP contribution in [-0.4, -0.2) is 42.2 Å². The van der Waals surface area contributed by atoms with Crippen LogP contribution in [0.1, 0.15) is 29.6 Å². The molecule has 0 bridgehead atoms. The Bertz CT molecular complexity index is 442. The van der Waals surface area contributed by atoms with Crippen LogP contribution in [0.4, 0.5) is 11.4 Å². The van der Waals surface area contributed by atoms with Gasteiger partial charge in [0.2, 0.25) is 0 Å².